The summed E-state index contributed by atoms with van der Waals surface area (Å²) < 4.78 is 27.2. The van der Waals surface area contributed by atoms with Gasteiger partial charge in [-0.05, 0) is 25.0 Å². The van der Waals surface area contributed by atoms with Crippen LogP contribution < -0.4 is 0 Å². The van der Waals surface area contributed by atoms with Gasteiger partial charge in [0.25, 0.3) is 10.1 Å². The third kappa shape index (κ3) is 3.97. The standard InChI is InChI=1S/C10H15NO3S/c1-3-10-6-5-9(7-11-10)8-15(12,13)14-4-2/h5-7H,3-4,8H2,1-2H3. The zero-order valence-corrected chi connectivity index (χ0v) is 9.75. The van der Waals surface area contributed by atoms with Crippen LogP contribution in [0.3, 0.4) is 0 Å². The van der Waals surface area contributed by atoms with Crippen LogP contribution in [0.2, 0.25) is 0 Å². The second-order valence-corrected chi connectivity index (χ2v) is 4.76. The minimum atomic E-state index is -3.44. The molecule has 0 aliphatic heterocycles. The molecule has 0 atom stereocenters. The van der Waals surface area contributed by atoms with Gasteiger partial charge in [0.05, 0.1) is 6.61 Å². The Kier molecular flexibility index (Phi) is 4.23. The number of nitrogens with zero attached hydrogens (tertiary/aromatic N) is 1. The van der Waals surface area contributed by atoms with Crippen molar-refractivity contribution in [1.29, 1.82) is 0 Å². The molecule has 0 aliphatic rings. The molecule has 0 amide bonds. The van der Waals surface area contributed by atoms with Crippen molar-refractivity contribution in [2.24, 2.45) is 0 Å². The van der Waals surface area contributed by atoms with Crippen LogP contribution in [0.15, 0.2) is 18.3 Å². The first-order valence-electron chi connectivity index (χ1n) is 4.88. The highest BCUT2D eigenvalue weighted by atomic mass is 32.2. The maximum atomic E-state index is 11.3. The van der Waals surface area contributed by atoms with Crippen LogP contribution in [0, 0.1) is 0 Å². The van der Waals surface area contributed by atoms with E-state index in [1.807, 2.05) is 13.0 Å². The Hall–Kier alpha value is -0.940. The molecule has 5 heteroatoms. The molecule has 0 N–H and O–H groups in total. The largest absolute Gasteiger partial charge is 0.271 e. The molecule has 84 valence electrons. The molecule has 0 spiro atoms. The number of pyridine rings is 1. The van der Waals surface area contributed by atoms with E-state index in [1.165, 1.54) is 0 Å². The number of hydrogen-bond donors (Lipinski definition) is 0. The van der Waals surface area contributed by atoms with E-state index in [9.17, 15) is 8.42 Å². The zero-order valence-electron chi connectivity index (χ0n) is 8.93. The van der Waals surface area contributed by atoms with Crippen LogP contribution in [0.1, 0.15) is 25.1 Å². The Labute approximate surface area is 90.4 Å². The molecule has 1 heterocycles. The van der Waals surface area contributed by atoms with Crippen molar-refractivity contribution < 1.29 is 12.6 Å². The summed E-state index contributed by atoms with van der Waals surface area (Å²) >= 11 is 0. The molecule has 0 saturated carbocycles. The van der Waals surface area contributed by atoms with Gasteiger partial charge in [-0.25, -0.2) is 0 Å². The Bertz CT molecular complexity index is 397. The summed E-state index contributed by atoms with van der Waals surface area (Å²) in [6.45, 7) is 3.82. The van der Waals surface area contributed by atoms with Crippen LogP contribution in [-0.4, -0.2) is 20.0 Å². The lowest BCUT2D eigenvalue weighted by atomic mass is 10.2. The molecule has 0 saturated heterocycles. The fourth-order valence-corrected chi connectivity index (χ4v) is 2.20. The van der Waals surface area contributed by atoms with Crippen LogP contribution in [-0.2, 0) is 26.5 Å². The first-order valence-corrected chi connectivity index (χ1v) is 6.46. The summed E-state index contributed by atoms with van der Waals surface area (Å²) in [5.41, 5.74) is 1.60. The number of aryl methyl sites for hydroxylation is 1. The lowest BCUT2D eigenvalue weighted by Gasteiger charge is -2.03. The van der Waals surface area contributed by atoms with Gasteiger partial charge in [0.2, 0.25) is 0 Å². The Morgan fingerprint density at radius 3 is 2.53 bits per heavy atom. The van der Waals surface area contributed by atoms with Crippen molar-refractivity contribution in [3.63, 3.8) is 0 Å². The van der Waals surface area contributed by atoms with E-state index in [0.717, 1.165) is 12.1 Å². The fraction of sp³-hybridized carbons (Fsp3) is 0.500. The monoisotopic (exact) mass is 229 g/mol. The van der Waals surface area contributed by atoms with Gasteiger partial charge in [-0.2, -0.15) is 8.42 Å². The van der Waals surface area contributed by atoms with E-state index in [-0.39, 0.29) is 12.4 Å². The lowest BCUT2D eigenvalue weighted by Crippen LogP contribution is -2.08. The first-order chi connectivity index (χ1) is 7.07. The minimum Gasteiger partial charge on any atom is -0.270 e. The Balaban J connectivity index is 2.73. The molecule has 1 aromatic rings. The van der Waals surface area contributed by atoms with Gasteiger partial charge in [-0.1, -0.05) is 13.0 Å². The van der Waals surface area contributed by atoms with E-state index in [0.29, 0.717) is 5.56 Å². The van der Waals surface area contributed by atoms with Crippen LogP contribution in [0.5, 0.6) is 0 Å². The molecule has 0 unspecified atom stereocenters. The molecule has 0 aliphatic carbocycles. The lowest BCUT2D eigenvalue weighted by molar-refractivity contribution is 0.337. The highest BCUT2D eigenvalue weighted by molar-refractivity contribution is 7.85. The fourth-order valence-electron chi connectivity index (χ4n) is 1.17. The maximum absolute atomic E-state index is 11.3. The van der Waals surface area contributed by atoms with Crippen molar-refractivity contribution in [3.05, 3.63) is 29.6 Å². The molecule has 1 aromatic heterocycles. The Morgan fingerprint density at radius 1 is 1.33 bits per heavy atom. The van der Waals surface area contributed by atoms with Crippen molar-refractivity contribution in [2.75, 3.05) is 6.61 Å². The van der Waals surface area contributed by atoms with Gasteiger partial charge in [0.1, 0.15) is 5.75 Å². The van der Waals surface area contributed by atoms with Crippen molar-refractivity contribution in [1.82, 2.24) is 4.98 Å². The van der Waals surface area contributed by atoms with E-state index < -0.39 is 10.1 Å². The molecule has 0 bridgehead atoms. The van der Waals surface area contributed by atoms with Gasteiger partial charge in [0.15, 0.2) is 0 Å². The second-order valence-electron chi connectivity index (χ2n) is 3.12. The van der Waals surface area contributed by atoms with Crippen LogP contribution in [0.25, 0.3) is 0 Å². The number of hydrogen-bond acceptors (Lipinski definition) is 4. The quantitative estimate of drug-likeness (QED) is 0.718. The van der Waals surface area contributed by atoms with Gasteiger partial charge in [-0.15, -0.1) is 0 Å². The molecular formula is C10H15NO3S. The molecule has 0 aromatic carbocycles. The summed E-state index contributed by atoms with van der Waals surface area (Å²) in [7, 11) is -3.44. The van der Waals surface area contributed by atoms with Gasteiger partial charge < -0.3 is 0 Å². The van der Waals surface area contributed by atoms with Gasteiger partial charge in [0, 0.05) is 11.9 Å². The average molecular weight is 229 g/mol. The third-order valence-electron chi connectivity index (χ3n) is 1.89. The van der Waals surface area contributed by atoms with Crippen LogP contribution in [0.4, 0.5) is 0 Å². The van der Waals surface area contributed by atoms with E-state index >= 15 is 0 Å². The normalized spacial score (nSPS) is 11.6. The SMILES string of the molecule is CCOS(=O)(=O)Cc1ccc(CC)nc1. The summed E-state index contributed by atoms with van der Waals surface area (Å²) in [5, 5.41) is 0. The summed E-state index contributed by atoms with van der Waals surface area (Å²) in [4.78, 5) is 4.12. The first kappa shape index (κ1) is 12.1. The van der Waals surface area contributed by atoms with Crippen molar-refractivity contribution in [2.45, 2.75) is 26.0 Å². The van der Waals surface area contributed by atoms with Crippen molar-refractivity contribution in [3.8, 4) is 0 Å². The zero-order chi connectivity index (χ0) is 11.3. The molecular weight excluding hydrogens is 214 g/mol. The maximum Gasteiger partial charge on any atom is 0.271 e. The van der Waals surface area contributed by atoms with Crippen LogP contribution >= 0.6 is 0 Å². The third-order valence-corrected chi connectivity index (χ3v) is 3.17. The topological polar surface area (TPSA) is 56.3 Å². The second kappa shape index (κ2) is 5.23. The molecule has 1 rings (SSSR count). The molecule has 4 nitrogen and oxygen atoms in total. The number of rotatable bonds is 5. The molecule has 15 heavy (non-hydrogen) atoms. The van der Waals surface area contributed by atoms with Gasteiger partial charge in [-0.3, -0.25) is 9.17 Å². The Morgan fingerprint density at radius 2 is 2.07 bits per heavy atom. The average Bonchev–Trinajstić information content (AvgIpc) is 2.18. The predicted molar refractivity (Wildman–Crippen MR) is 57.9 cm³/mol. The van der Waals surface area contributed by atoms with Crippen molar-refractivity contribution >= 4 is 10.1 Å². The van der Waals surface area contributed by atoms with E-state index in [4.69, 9.17) is 0 Å². The van der Waals surface area contributed by atoms with E-state index in [1.54, 1.807) is 19.2 Å². The summed E-state index contributed by atoms with van der Waals surface area (Å²) in [6.07, 6.45) is 2.42. The highest BCUT2D eigenvalue weighted by Gasteiger charge is 2.11. The summed E-state index contributed by atoms with van der Waals surface area (Å²) in [6, 6.07) is 3.60. The molecule has 0 radical (unpaired) electrons. The summed E-state index contributed by atoms with van der Waals surface area (Å²) in [5.74, 6) is -0.113. The minimum absolute atomic E-state index is 0.113. The van der Waals surface area contributed by atoms with Gasteiger partial charge >= 0.3 is 0 Å². The highest BCUT2D eigenvalue weighted by Crippen LogP contribution is 2.07. The predicted octanol–water partition coefficient (Wildman–Crippen LogP) is 1.51. The van der Waals surface area contributed by atoms with E-state index in [2.05, 4.69) is 9.17 Å². The molecule has 0 fully saturated rings. The number of aromatic nitrogens is 1. The smallest absolute Gasteiger partial charge is 0.270 e.